The van der Waals surface area contributed by atoms with E-state index in [1.807, 2.05) is 13.0 Å². The fourth-order valence-corrected chi connectivity index (χ4v) is 1.33. The number of benzene rings is 1. The number of amidine groups is 1. The molecule has 0 spiro atoms. The highest BCUT2D eigenvalue weighted by atomic mass is 16.4. The average molecular weight is 194 g/mol. The van der Waals surface area contributed by atoms with Crippen LogP contribution in [-0.4, -0.2) is 16.1 Å². The summed E-state index contributed by atoms with van der Waals surface area (Å²) in [4.78, 5) is 0. The van der Waals surface area contributed by atoms with Crippen LogP contribution in [0.5, 0.6) is 0 Å². The van der Waals surface area contributed by atoms with Gasteiger partial charge in [-0.05, 0) is 23.6 Å². The van der Waals surface area contributed by atoms with E-state index in [9.17, 15) is 0 Å². The number of aliphatic hydroxyl groups is 1. The van der Waals surface area contributed by atoms with Crippen LogP contribution >= 0.6 is 0 Å². The van der Waals surface area contributed by atoms with Crippen LogP contribution < -0.4 is 5.73 Å². The van der Waals surface area contributed by atoms with E-state index in [1.165, 1.54) is 0 Å². The Morgan fingerprint density at radius 1 is 1.43 bits per heavy atom. The van der Waals surface area contributed by atoms with Crippen molar-refractivity contribution in [2.75, 3.05) is 0 Å². The van der Waals surface area contributed by atoms with Crippen molar-refractivity contribution in [2.45, 2.75) is 20.0 Å². The molecule has 0 aliphatic carbocycles. The molecule has 4 heteroatoms. The van der Waals surface area contributed by atoms with E-state index in [1.54, 1.807) is 12.1 Å². The van der Waals surface area contributed by atoms with Gasteiger partial charge in [0.2, 0.25) is 0 Å². The van der Waals surface area contributed by atoms with Gasteiger partial charge in [-0.1, -0.05) is 24.2 Å². The van der Waals surface area contributed by atoms with E-state index in [0.717, 1.165) is 17.5 Å². The molecule has 1 aromatic rings. The van der Waals surface area contributed by atoms with Crippen LogP contribution in [0, 0.1) is 0 Å². The summed E-state index contributed by atoms with van der Waals surface area (Å²) in [5.41, 5.74) is 8.00. The third-order valence-corrected chi connectivity index (χ3v) is 2.16. The van der Waals surface area contributed by atoms with Gasteiger partial charge < -0.3 is 16.0 Å². The van der Waals surface area contributed by atoms with Gasteiger partial charge in [0, 0.05) is 5.56 Å². The van der Waals surface area contributed by atoms with Gasteiger partial charge in [0.05, 0.1) is 6.61 Å². The normalized spacial score (nSPS) is 11.7. The van der Waals surface area contributed by atoms with Crippen molar-refractivity contribution in [3.63, 3.8) is 0 Å². The third kappa shape index (κ3) is 2.03. The molecule has 4 N–H and O–H groups in total. The SMILES string of the molecule is CCc1cc(C(N)=NO)ccc1CO. The summed E-state index contributed by atoms with van der Waals surface area (Å²) in [6, 6.07) is 5.33. The number of nitrogens with zero attached hydrogens (tertiary/aromatic N) is 1. The van der Waals surface area contributed by atoms with Crippen molar-refractivity contribution in [3.05, 3.63) is 34.9 Å². The fraction of sp³-hybridized carbons (Fsp3) is 0.300. The van der Waals surface area contributed by atoms with Gasteiger partial charge in [0.15, 0.2) is 5.84 Å². The summed E-state index contributed by atoms with van der Waals surface area (Å²) in [5.74, 6) is 0.0872. The first-order chi connectivity index (χ1) is 6.72. The lowest BCUT2D eigenvalue weighted by Crippen LogP contribution is -2.13. The molecule has 0 heterocycles. The Morgan fingerprint density at radius 2 is 2.14 bits per heavy atom. The zero-order chi connectivity index (χ0) is 10.6. The van der Waals surface area contributed by atoms with Crippen LogP contribution in [0.3, 0.4) is 0 Å². The van der Waals surface area contributed by atoms with Crippen LogP contribution in [0.25, 0.3) is 0 Å². The van der Waals surface area contributed by atoms with Crippen LogP contribution in [0.15, 0.2) is 23.4 Å². The first kappa shape index (κ1) is 10.5. The fourth-order valence-electron chi connectivity index (χ4n) is 1.33. The highest BCUT2D eigenvalue weighted by molar-refractivity contribution is 5.97. The summed E-state index contributed by atoms with van der Waals surface area (Å²) < 4.78 is 0. The quantitative estimate of drug-likeness (QED) is 0.289. The topological polar surface area (TPSA) is 78.8 Å². The van der Waals surface area contributed by atoms with Gasteiger partial charge in [-0.3, -0.25) is 0 Å². The van der Waals surface area contributed by atoms with Crippen LogP contribution in [-0.2, 0) is 13.0 Å². The number of aliphatic hydroxyl groups excluding tert-OH is 1. The molecule has 0 radical (unpaired) electrons. The van der Waals surface area contributed by atoms with E-state index >= 15 is 0 Å². The molecule has 1 rings (SSSR count). The predicted octanol–water partition coefficient (Wildman–Crippen LogP) is 0.836. The Balaban J connectivity index is 3.14. The van der Waals surface area contributed by atoms with Crippen LogP contribution in [0.4, 0.5) is 0 Å². The monoisotopic (exact) mass is 194 g/mol. The summed E-state index contributed by atoms with van der Waals surface area (Å²) in [5, 5.41) is 20.4. The standard InChI is InChI=1S/C10H14N2O2/c1-2-7-5-8(10(11)12-14)3-4-9(7)6-13/h3-5,13-14H,2,6H2,1H3,(H2,11,12). The third-order valence-electron chi connectivity index (χ3n) is 2.16. The van der Waals surface area contributed by atoms with E-state index < -0.39 is 0 Å². The maximum atomic E-state index is 9.03. The second-order valence-electron chi connectivity index (χ2n) is 2.98. The molecule has 76 valence electrons. The van der Waals surface area contributed by atoms with Gasteiger partial charge >= 0.3 is 0 Å². The highest BCUT2D eigenvalue weighted by Crippen LogP contribution is 2.12. The zero-order valence-corrected chi connectivity index (χ0v) is 8.07. The molecular formula is C10H14N2O2. The molecule has 0 amide bonds. The van der Waals surface area contributed by atoms with Crippen molar-refractivity contribution in [2.24, 2.45) is 10.9 Å². The van der Waals surface area contributed by atoms with Gasteiger partial charge in [-0.15, -0.1) is 0 Å². The lowest BCUT2D eigenvalue weighted by molar-refractivity contribution is 0.280. The Hall–Kier alpha value is -1.55. The maximum Gasteiger partial charge on any atom is 0.170 e. The van der Waals surface area contributed by atoms with Crippen molar-refractivity contribution >= 4 is 5.84 Å². The molecule has 0 aliphatic heterocycles. The molecule has 0 bridgehead atoms. The van der Waals surface area contributed by atoms with E-state index in [0.29, 0.717) is 5.56 Å². The molecule has 0 atom stereocenters. The largest absolute Gasteiger partial charge is 0.409 e. The number of hydrogen-bond donors (Lipinski definition) is 3. The zero-order valence-electron chi connectivity index (χ0n) is 8.07. The Labute approximate surface area is 82.7 Å². The number of rotatable bonds is 3. The van der Waals surface area contributed by atoms with E-state index in [-0.39, 0.29) is 12.4 Å². The number of aryl methyl sites for hydroxylation is 1. The molecule has 0 saturated heterocycles. The highest BCUT2D eigenvalue weighted by Gasteiger charge is 2.04. The molecule has 0 aliphatic rings. The van der Waals surface area contributed by atoms with Crippen LogP contribution in [0.1, 0.15) is 23.6 Å². The van der Waals surface area contributed by atoms with E-state index in [4.69, 9.17) is 16.0 Å². The summed E-state index contributed by atoms with van der Waals surface area (Å²) >= 11 is 0. The first-order valence-corrected chi connectivity index (χ1v) is 4.43. The second-order valence-corrected chi connectivity index (χ2v) is 2.98. The van der Waals surface area contributed by atoms with Crippen molar-refractivity contribution in [3.8, 4) is 0 Å². The first-order valence-electron chi connectivity index (χ1n) is 4.43. The van der Waals surface area contributed by atoms with Crippen molar-refractivity contribution < 1.29 is 10.3 Å². The minimum absolute atomic E-state index is 0.0135. The summed E-state index contributed by atoms with van der Waals surface area (Å²) in [7, 11) is 0. The predicted molar refractivity (Wildman–Crippen MR) is 54.3 cm³/mol. The molecule has 0 saturated carbocycles. The van der Waals surface area contributed by atoms with Crippen molar-refractivity contribution in [1.82, 2.24) is 0 Å². The second kappa shape index (κ2) is 4.62. The van der Waals surface area contributed by atoms with Gasteiger partial charge in [0.25, 0.3) is 0 Å². The summed E-state index contributed by atoms with van der Waals surface area (Å²) in [6.07, 6.45) is 0.808. The Morgan fingerprint density at radius 3 is 2.64 bits per heavy atom. The average Bonchev–Trinajstić information content (AvgIpc) is 2.26. The smallest absolute Gasteiger partial charge is 0.170 e. The Bertz CT molecular complexity index is 348. The molecule has 0 unspecified atom stereocenters. The van der Waals surface area contributed by atoms with Crippen LogP contribution in [0.2, 0.25) is 0 Å². The molecule has 0 aromatic heterocycles. The van der Waals surface area contributed by atoms with E-state index in [2.05, 4.69) is 5.16 Å². The van der Waals surface area contributed by atoms with Gasteiger partial charge in [-0.25, -0.2) is 0 Å². The number of oxime groups is 1. The molecule has 14 heavy (non-hydrogen) atoms. The number of nitrogens with two attached hydrogens (primary N) is 1. The molecule has 4 nitrogen and oxygen atoms in total. The summed E-state index contributed by atoms with van der Waals surface area (Å²) in [6.45, 7) is 2.00. The van der Waals surface area contributed by atoms with Gasteiger partial charge in [-0.2, -0.15) is 0 Å². The molecule has 1 aromatic carbocycles. The molecular weight excluding hydrogens is 180 g/mol. The molecule has 0 fully saturated rings. The lowest BCUT2D eigenvalue weighted by Gasteiger charge is -2.07. The van der Waals surface area contributed by atoms with Crippen molar-refractivity contribution in [1.29, 1.82) is 0 Å². The number of hydrogen-bond acceptors (Lipinski definition) is 3. The van der Waals surface area contributed by atoms with Gasteiger partial charge in [0.1, 0.15) is 0 Å². The minimum atomic E-state index is 0.0135. The lowest BCUT2D eigenvalue weighted by atomic mass is 10.0. The maximum absolute atomic E-state index is 9.03. The minimum Gasteiger partial charge on any atom is -0.409 e. The Kier molecular flexibility index (Phi) is 3.48.